The summed E-state index contributed by atoms with van der Waals surface area (Å²) >= 11 is 0. The second-order valence-corrected chi connectivity index (χ2v) is 6.19. The number of rotatable bonds is 9. The molecule has 4 unspecified atom stereocenters. The topological polar surface area (TPSA) is 12.0 Å². The van der Waals surface area contributed by atoms with Crippen LogP contribution in [0.5, 0.6) is 0 Å². The van der Waals surface area contributed by atoms with Crippen molar-refractivity contribution in [2.24, 2.45) is 17.8 Å². The van der Waals surface area contributed by atoms with Gasteiger partial charge in [0, 0.05) is 12.1 Å². The highest BCUT2D eigenvalue weighted by Gasteiger charge is 2.21. The van der Waals surface area contributed by atoms with E-state index >= 15 is 0 Å². The third-order valence-electron chi connectivity index (χ3n) is 4.42. The average Bonchev–Trinajstić information content (AvgIpc) is 2.30. The van der Waals surface area contributed by atoms with Crippen molar-refractivity contribution in [2.75, 3.05) is 0 Å². The van der Waals surface area contributed by atoms with Crippen LogP contribution in [0.15, 0.2) is 0 Å². The quantitative estimate of drug-likeness (QED) is 0.608. The molecule has 0 aromatic carbocycles. The summed E-state index contributed by atoms with van der Waals surface area (Å²) in [6.45, 7) is 16.4. The Morgan fingerprint density at radius 2 is 1.53 bits per heavy atom. The van der Waals surface area contributed by atoms with Crippen molar-refractivity contribution in [1.29, 1.82) is 0 Å². The van der Waals surface area contributed by atoms with E-state index < -0.39 is 0 Å². The predicted molar refractivity (Wildman–Crippen MR) is 79.4 cm³/mol. The first-order chi connectivity index (χ1) is 7.93. The second kappa shape index (κ2) is 8.97. The Balaban J connectivity index is 4.14. The molecule has 0 aliphatic heterocycles. The van der Waals surface area contributed by atoms with E-state index in [4.69, 9.17) is 0 Å². The molecule has 0 heterocycles. The molecule has 0 amide bonds. The van der Waals surface area contributed by atoms with Gasteiger partial charge in [-0.05, 0) is 31.1 Å². The Hall–Kier alpha value is -0.0400. The Morgan fingerprint density at radius 3 is 1.94 bits per heavy atom. The lowest BCUT2D eigenvalue weighted by atomic mass is 9.85. The number of hydrogen-bond acceptors (Lipinski definition) is 1. The third kappa shape index (κ3) is 6.45. The van der Waals surface area contributed by atoms with Gasteiger partial charge in [0.15, 0.2) is 0 Å². The Bertz CT molecular complexity index is 176. The molecule has 4 atom stereocenters. The van der Waals surface area contributed by atoms with Crippen LogP contribution in [-0.2, 0) is 0 Å². The SMILES string of the molecule is CCCCC(C)C(C)C(C)NC(CC)C(C)C. The van der Waals surface area contributed by atoms with Gasteiger partial charge in [0.1, 0.15) is 0 Å². The van der Waals surface area contributed by atoms with Gasteiger partial charge in [-0.25, -0.2) is 0 Å². The zero-order valence-corrected chi connectivity index (χ0v) is 13.2. The molecule has 0 fully saturated rings. The van der Waals surface area contributed by atoms with E-state index in [0.29, 0.717) is 12.1 Å². The molecular formula is C16H35N. The minimum Gasteiger partial charge on any atom is -0.311 e. The first-order valence-corrected chi connectivity index (χ1v) is 7.69. The molecule has 104 valence electrons. The summed E-state index contributed by atoms with van der Waals surface area (Å²) in [5.74, 6) is 2.34. The number of nitrogens with one attached hydrogen (secondary N) is 1. The first kappa shape index (κ1) is 17.0. The summed E-state index contributed by atoms with van der Waals surface area (Å²) in [6, 6.07) is 1.31. The van der Waals surface area contributed by atoms with Crippen LogP contribution in [0, 0.1) is 17.8 Å². The van der Waals surface area contributed by atoms with Gasteiger partial charge in [0.05, 0.1) is 0 Å². The van der Waals surface area contributed by atoms with E-state index in [1.165, 1.54) is 25.7 Å². The van der Waals surface area contributed by atoms with E-state index in [9.17, 15) is 0 Å². The molecule has 0 spiro atoms. The normalized spacial score (nSPS) is 19.1. The fourth-order valence-corrected chi connectivity index (χ4v) is 2.55. The van der Waals surface area contributed by atoms with Crippen molar-refractivity contribution in [1.82, 2.24) is 5.32 Å². The summed E-state index contributed by atoms with van der Waals surface area (Å²) in [6.07, 6.45) is 5.31. The zero-order chi connectivity index (χ0) is 13.4. The van der Waals surface area contributed by atoms with Crippen molar-refractivity contribution in [3.63, 3.8) is 0 Å². The van der Waals surface area contributed by atoms with Crippen LogP contribution >= 0.6 is 0 Å². The standard InChI is InChI=1S/C16H35N/c1-8-10-11-13(5)14(6)15(7)17-16(9-2)12(3)4/h12-17H,8-11H2,1-7H3. The van der Waals surface area contributed by atoms with Crippen LogP contribution in [0.4, 0.5) is 0 Å². The summed E-state index contributed by atoms with van der Waals surface area (Å²) in [5, 5.41) is 3.82. The molecule has 17 heavy (non-hydrogen) atoms. The number of hydrogen-bond donors (Lipinski definition) is 1. The fourth-order valence-electron chi connectivity index (χ4n) is 2.55. The van der Waals surface area contributed by atoms with E-state index in [2.05, 4.69) is 53.8 Å². The average molecular weight is 241 g/mol. The van der Waals surface area contributed by atoms with Crippen LogP contribution in [0.25, 0.3) is 0 Å². The van der Waals surface area contributed by atoms with Gasteiger partial charge in [-0.1, -0.05) is 60.8 Å². The lowest BCUT2D eigenvalue weighted by Crippen LogP contribution is -2.44. The molecule has 0 aromatic heterocycles. The highest BCUT2D eigenvalue weighted by Crippen LogP contribution is 2.22. The third-order valence-corrected chi connectivity index (χ3v) is 4.42. The van der Waals surface area contributed by atoms with Gasteiger partial charge >= 0.3 is 0 Å². The molecule has 0 aliphatic rings. The molecule has 0 aromatic rings. The van der Waals surface area contributed by atoms with Crippen LogP contribution in [0.3, 0.4) is 0 Å². The minimum atomic E-state index is 0.634. The summed E-state index contributed by atoms with van der Waals surface area (Å²) in [7, 11) is 0. The molecule has 0 bridgehead atoms. The van der Waals surface area contributed by atoms with E-state index in [1.807, 2.05) is 0 Å². The Labute approximate surface area is 110 Å². The lowest BCUT2D eigenvalue weighted by molar-refractivity contribution is 0.241. The smallest absolute Gasteiger partial charge is 0.00900 e. The first-order valence-electron chi connectivity index (χ1n) is 7.69. The molecular weight excluding hydrogens is 206 g/mol. The summed E-state index contributed by atoms with van der Waals surface area (Å²) in [4.78, 5) is 0. The maximum Gasteiger partial charge on any atom is 0.00900 e. The van der Waals surface area contributed by atoms with Crippen molar-refractivity contribution in [3.05, 3.63) is 0 Å². The molecule has 1 nitrogen and oxygen atoms in total. The van der Waals surface area contributed by atoms with Crippen LogP contribution in [-0.4, -0.2) is 12.1 Å². The maximum atomic E-state index is 3.82. The molecule has 1 N–H and O–H groups in total. The van der Waals surface area contributed by atoms with Crippen LogP contribution in [0.1, 0.15) is 74.1 Å². The van der Waals surface area contributed by atoms with E-state index in [1.54, 1.807) is 0 Å². The minimum absolute atomic E-state index is 0.634. The molecule has 0 aliphatic carbocycles. The Kier molecular flexibility index (Phi) is 8.94. The van der Waals surface area contributed by atoms with Crippen LogP contribution < -0.4 is 5.32 Å². The molecule has 0 radical (unpaired) electrons. The molecule has 0 saturated heterocycles. The maximum absolute atomic E-state index is 3.82. The van der Waals surface area contributed by atoms with Gasteiger partial charge in [0.2, 0.25) is 0 Å². The molecule has 0 saturated carbocycles. The van der Waals surface area contributed by atoms with Gasteiger partial charge in [-0.3, -0.25) is 0 Å². The monoisotopic (exact) mass is 241 g/mol. The fraction of sp³-hybridized carbons (Fsp3) is 1.00. The number of unbranched alkanes of at least 4 members (excludes halogenated alkanes) is 1. The predicted octanol–water partition coefficient (Wildman–Crippen LogP) is 4.86. The van der Waals surface area contributed by atoms with Gasteiger partial charge < -0.3 is 5.32 Å². The van der Waals surface area contributed by atoms with E-state index in [0.717, 1.165) is 17.8 Å². The van der Waals surface area contributed by atoms with Gasteiger partial charge in [-0.15, -0.1) is 0 Å². The molecule has 0 rings (SSSR count). The summed E-state index contributed by atoms with van der Waals surface area (Å²) < 4.78 is 0. The highest BCUT2D eigenvalue weighted by atomic mass is 15.0. The van der Waals surface area contributed by atoms with Crippen LogP contribution in [0.2, 0.25) is 0 Å². The van der Waals surface area contributed by atoms with Gasteiger partial charge in [-0.2, -0.15) is 0 Å². The van der Waals surface area contributed by atoms with Crippen molar-refractivity contribution in [2.45, 2.75) is 86.2 Å². The second-order valence-electron chi connectivity index (χ2n) is 6.19. The highest BCUT2D eigenvalue weighted by molar-refractivity contribution is 4.78. The summed E-state index contributed by atoms with van der Waals surface area (Å²) in [5.41, 5.74) is 0. The van der Waals surface area contributed by atoms with E-state index in [-0.39, 0.29) is 0 Å². The van der Waals surface area contributed by atoms with Gasteiger partial charge in [0.25, 0.3) is 0 Å². The van der Waals surface area contributed by atoms with Crippen molar-refractivity contribution < 1.29 is 0 Å². The Morgan fingerprint density at radius 1 is 0.941 bits per heavy atom. The van der Waals surface area contributed by atoms with Crippen molar-refractivity contribution in [3.8, 4) is 0 Å². The zero-order valence-electron chi connectivity index (χ0n) is 13.2. The largest absolute Gasteiger partial charge is 0.311 e. The van der Waals surface area contributed by atoms with Crippen molar-refractivity contribution >= 4 is 0 Å². The molecule has 1 heteroatoms. The lowest BCUT2D eigenvalue weighted by Gasteiger charge is -2.32.